The Balaban J connectivity index is 2.11. The van der Waals surface area contributed by atoms with Crippen molar-refractivity contribution < 1.29 is 22.7 Å². The number of anilines is 1. The number of carbonyl (C=O) groups is 2. The Morgan fingerprint density at radius 1 is 1.38 bits per heavy atom. The highest BCUT2D eigenvalue weighted by Gasteiger charge is 2.25. The summed E-state index contributed by atoms with van der Waals surface area (Å²) < 4.78 is 30.1. The molecular weight excluding hydrogens is 364 g/mol. The molecule has 1 aliphatic rings. The van der Waals surface area contributed by atoms with Gasteiger partial charge in [-0.05, 0) is 6.08 Å². The van der Waals surface area contributed by atoms with Gasteiger partial charge in [0.15, 0.2) is 5.65 Å². The van der Waals surface area contributed by atoms with E-state index >= 15 is 0 Å². The van der Waals surface area contributed by atoms with Crippen LogP contribution in [0.4, 0.5) is 5.95 Å². The number of amides is 2. The van der Waals surface area contributed by atoms with Crippen molar-refractivity contribution in [3.05, 3.63) is 17.3 Å². The fourth-order valence-electron chi connectivity index (χ4n) is 2.33. The maximum Gasteiger partial charge on any atom is 0.254 e. The first-order valence-corrected chi connectivity index (χ1v) is 9.42. The lowest BCUT2D eigenvalue weighted by Gasteiger charge is -2.08. The molecule has 1 aliphatic heterocycles. The van der Waals surface area contributed by atoms with Crippen LogP contribution in [0, 0.1) is 0 Å². The highest BCUT2D eigenvalue weighted by molar-refractivity contribution is 7.90. The minimum absolute atomic E-state index is 0.0564. The molecule has 0 unspecified atom stereocenters. The van der Waals surface area contributed by atoms with Crippen molar-refractivity contribution in [2.24, 2.45) is 0 Å². The maximum absolute atomic E-state index is 11.9. The van der Waals surface area contributed by atoms with Crippen molar-refractivity contribution in [1.29, 1.82) is 0 Å². The molecule has 2 aromatic rings. The summed E-state index contributed by atoms with van der Waals surface area (Å²) in [5.41, 5.74) is 0.838. The van der Waals surface area contributed by atoms with Crippen molar-refractivity contribution >= 4 is 39.3 Å². The van der Waals surface area contributed by atoms with Gasteiger partial charge in [-0.2, -0.15) is 19.6 Å². The number of nitrogens with one attached hydrogen (secondary N) is 2. The van der Waals surface area contributed by atoms with E-state index < -0.39 is 21.7 Å². The number of hydrogen-bond acceptors (Lipinski definition) is 9. The van der Waals surface area contributed by atoms with E-state index in [2.05, 4.69) is 25.7 Å². The molecule has 138 valence electrons. The Labute approximate surface area is 148 Å². The number of carbonyl (C=O) groups excluding carboxylic acids is 2. The Kier molecular flexibility index (Phi) is 4.70. The summed E-state index contributed by atoms with van der Waals surface area (Å²) in [6.45, 7) is 0.749. The summed E-state index contributed by atoms with van der Waals surface area (Å²) >= 11 is 0. The average molecular weight is 380 g/mol. The molecule has 0 atom stereocenters. The molecule has 1 saturated heterocycles. The van der Waals surface area contributed by atoms with Crippen LogP contribution >= 0.6 is 0 Å². The number of imide groups is 1. The van der Waals surface area contributed by atoms with E-state index in [4.69, 9.17) is 4.74 Å². The van der Waals surface area contributed by atoms with E-state index in [-0.39, 0.29) is 28.7 Å². The number of ether oxygens (including phenoxy) is 1. The zero-order chi connectivity index (χ0) is 18.9. The molecule has 26 heavy (non-hydrogen) atoms. The first kappa shape index (κ1) is 17.9. The summed E-state index contributed by atoms with van der Waals surface area (Å²) in [5.74, 6) is -0.722. The first-order valence-electron chi connectivity index (χ1n) is 7.53. The topological polar surface area (TPSA) is 145 Å². The summed E-state index contributed by atoms with van der Waals surface area (Å²) in [5, 5.41) is 8.87. The van der Waals surface area contributed by atoms with E-state index in [0.717, 1.165) is 6.26 Å². The van der Waals surface area contributed by atoms with Crippen LogP contribution in [0.2, 0.25) is 0 Å². The summed E-state index contributed by atoms with van der Waals surface area (Å²) in [6.07, 6.45) is 3.82. The smallest absolute Gasteiger partial charge is 0.254 e. The predicted octanol–water partition coefficient (Wildman–Crippen LogP) is -0.984. The van der Waals surface area contributed by atoms with Crippen LogP contribution in [0.25, 0.3) is 11.7 Å². The lowest BCUT2D eigenvalue weighted by molar-refractivity contribution is -0.124. The van der Waals surface area contributed by atoms with Gasteiger partial charge in [-0.3, -0.25) is 14.9 Å². The number of fused-ring (bicyclic) bond motifs is 1. The third-order valence-corrected chi connectivity index (χ3v) is 4.37. The van der Waals surface area contributed by atoms with E-state index in [1.165, 1.54) is 23.9 Å². The highest BCUT2D eigenvalue weighted by Crippen LogP contribution is 2.20. The van der Waals surface area contributed by atoms with Crippen molar-refractivity contribution in [2.75, 3.05) is 31.8 Å². The second-order valence-corrected chi connectivity index (χ2v) is 7.49. The van der Waals surface area contributed by atoms with Crippen molar-refractivity contribution in [1.82, 2.24) is 24.9 Å². The number of aromatic nitrogens is 4. The van der Waals surface area contributed by atoms with Crippen molar-refractivity contribution in [2.45, 2.75) is 11.6 Å². The van der Waals surface area contributed by atoms with Crippen molar-refractivity contribution in [3.63, 3.8) is 0 Å². The van der Waals surface area contributed by atoms with E-state index in [1.54, 1.807) is 0 Å². The number of hydrogen-bond donors (Lipinski definition) is 2. The molecule has 3 heterocycles. The second kappa shape index (κ2) is 6.80. The summed E-state index contributed by atoms with van der Waals surface area (Å²) in [7, 11) is -2.14. The molecule has 3 rings (SSSR count). The third kappa shape index (κ3) is 3.55. The minimum Gasteiger partial charge on any atom is -0.383 e. The highest BCUT2D eigenvalue weighted by atomic mass is 32.2. The number of sulfone groups is 1. The number of nitrogens with zero attached hydrogens (tertiary/aromatic N) is 4. The summed E-state index contributed by atoms with van der Waals surface area (Å²) in [6, 6.07) is 0. The zero-order valence-corrected chi connectivity index (χ0v) is 14.8. The first-order chi connectivity index (χ1) is 12.3. The van der Waals surface area contributed by atoms with Gasteiger partial charge in [0.1, 0.15) is 0 Å². The molecule has 0 aromatic carbocycles. The number of rotatable bonds is 6. The molecule has 11 nitrogen and oxygen atoms in total. The molecule has 12 heteroatoms. The molecule has 0 aliphatic carbocycles. The van der Waals surface area contributed by atoms with E-state index in [9.17, 15) is 18.0 Å². The second-order valence-electron chi connectivity index (χ2n) is 5.58. The van der Waals surface area contributed by atoms with Crippen molar-refractivity contribution in [3.8, 4) is 0 Å². The zero-order valence-electron chi connectivity index (χ0n) is 14.0. The molecule has 0 bridgehead atoms. The maximum atomic E-state index is 11.9. The van der Waals surface area contributed by atoms with Crippen LogP contribution in [-0.4, -0.2) is 66.3 Å². The van der Waals surface area contributed by atoms with Gasteiger partial charge in [-0.1, -0.05) is 0 Å². The minimum atomic E-state index is -3.68. The molecule has 1 fully saturated rings. The predicted molar refractivity (Wildman–Crippen MR) is 90.0 cm³/mol. The van der Waals surface area contributed by atoms with Gasteiger partial charge in [-0.25, -0.2) is 8.42 Å². The lowest BCUT2D eigenvalue weighted by atomic mass is 10.1. The number of methoxy groups -OCH3 is 1. The Morgan fingerprint density at radius 2 is 2.15 bits per heavy atom. The van der Waals surface area contributed by atoms with Gasteiger partial charge in [0, 0.05) is 31.0 Å². The van der Waals surface area contributed by atoms with Gasteiger partial charge in [0.25, 0.3) is 11.1 Å². The quantitative estimate of drug-likeness (QED) is 0.367. The van der Waals surface area contributed by atoms with Crippen LogP contribution in [0.1, 0.15) is 12.0 Å². The summed E-state index contributed by atoms with van der Waals surface area (Å²) in [4.78, 5) is 31.1. The van der Waals surface area contributed by atoms with Crippen LogP contribution in [0.3, 0.4) is 0 Å². The molecule has 2 aromatic heterocycles. The van der Waals surface area contributed by atoms with Gasteiger partial charge in [0.05, 0.1) is 19.2 Å². The monoisotopic (exact) mass is 380 g/mol. The Bertz CT molecular complexity index is 1030. The normalized spacial score (nSPS) is 16.5. The van der Waals surface area contributed by atoms with Crippen LogP contribution in [0.5, 0.6) is 0 Å². The average Bonchev–Trinajstić information content (AvgIpc) is 3.10. The SMILES string of the molecule is COCCNc1nc(S(C)(=O)=O)nc2c(C=C3CC(=O)NC3=O)cnn12. The third-order valence-electron chi connectivity index (χ3n) is 3.52. The molecule has 0 spiro atoms. The van der Waals surface area contributed by atoms with Crippen LogP contribution in [-0.2, 0) is 24.2 Å². The molecule has 0 saturated carbocycles. The van der Waals surface area contributed by atoms with Crippen LogP contribution < -0.4 is 10.6 Å². The lowest BCUT2D eigenvalue weighted by Crippen LogP contribution is -2.19. The van der Waals surface area contributed by atoms with Gasteiger partial charge >= 0.3 is 0 Å². The molecule has 2 N–H and O–H groups in total. The Hall–Kier alpha value is -2.86. The molecule has 0 radical (unpaired) electrons. The fraction of sp³-hybridized carbons (Fsp3) is 0.357. The van der Waals surface area contributed by atoms with E-state index in [0.29, 0.717) is 18.7 Å². The Morgan fingerprint density at radius 3 is 2.77 bits per heavy atom. The fourth-order valence-corrected chi connectivity index (χ4v) is 2.84. The van der Waals surface area contributed by atoms with E-state index in [1.807, 2.05) is 0 Å². The van der Waals surface area contributed by atoms with Crippen LogP contribution in [0.15, 0.2) is 16.9 Å². The van der Waals surface area contributed by atoms with Gasteiger partial charge < -0.3 is 10.1 Å². The molecule has 2 amide bonds. The largest absolute Gasteiger partial charge is 0.383 e. The van der Waals surface area contributed by atoms with Gasteiger partial charge in [-0.15, -0.1) is 0 Å². The van der Waals surface area contributed by atoms with Gasteiger partial charge in [0.2, 0.25) is 21.7 Å². The molecular formula is C14H16N6O5S. The standard InChI is InChI=1S/C14H16N6O5S/c1-25-4-3-15-13-19-14(26(2,23)24)18-11-9(7-16-20(11)13)5-8-6-10(21)17-12(8)22/h5,7H,3-4,6H2,1-2H3,(H,15,18,19)(H,17,21,22).